The normalized spacial score (nSPS) is 23.4. The number of nitrogen functional groups attached to an aromatic ring is 1. The Morgan fingerprint density at radius 1 is 1.17 bits per heavy atom. The van der Waals surface area contributed by atoms with Crippen LogP contribution in [0.1, 0.15) is 57.9 Å². The number of rotatable bonds is 7. The summed E-state index contributed by atoms with van der Waals surface area (Å²) in [6.45, 7) is 7.44. The summed E-state index contributed by atoms with van der Waals surface area (Å²) >= 11 is 7.86. The zero-order valence-electron chi connectivity index (χ0n) is 29.7. The highest BCUT2D eigenvalue weighted by atomic mass is 35.5. The second kappa shape index (κ2) is 13.4. The smallest absolute Gasteiger partial charge is 0.319 e. The van der Waals surface area contributed by atoms with Crippen LogP contribution in [-0.2, 0) is 4.79 Å². The van der Waals surface area contributed by atoms with Crippen molar-refractivity contribution in [3.63, 3.8) is 0 Å². The Balaban J connectivity index is 1.23. The molecule has 0 radical (unpaired) electrons. The van der Waals surface area contributed by atoms with Gasteiger partial charge >= 0.3 is 6.01 Å². The molecule has 53 heavy (non-hydrogen) atoms. The van der Waals surface area contributed by atoms with Gasteiger partial charge in [-0.2, -0.15) is 15.2 Å². The number of nitrogens with zero attached hydrogens (tertiary/aromatic N) is 6. The predicted octanol–water partition coefficient (Wildman–Crippen LogP) is 6.65. The van der Waals surface area contributed by atoms with E-state index in [0.29, 0.717) is 50.3 Å². The largest absolute Gasteiger partial charge is 0.461 e. The summed E-state index contributed by atoms with van der Waals surface area (Å²) in [6.07, 6.45) is 3.78. The molecule has 1 unspecified atom stereocenters. The molecule has 6 heterocycles. The molecule has 1 amide bonds. The third-order valence-corrected chi connectivity index (χ3v) is 13.2. The van der Waals surface area contributed by atoms with Crippen LogP contribution in [-0.4, -0.2) is 89.3 Å². The molecule has 4 saturated heterocycles. The van der Waals surface area contributed by atoms with Crippen molar-refractivity contribution < 1.29 is 22.7 Å². The molecule has 4 aliphatic heterocycles. The Kier molecular flexibility index (Phi) is 9.15. The zero-order valence-corrected chi connectivity index (χ0v) is 31.3. The minimum atomic E-state index is -0.955. The van der Waals surface area contributed by atoms with Gasteiger partial charge in [0.1, 0.15) is 41.0 Å². The van der Waals surface area contributed by atoms with Crippen molar-refractivity contribution in [2.24, 2.45) is 17.1 Å². The molecule has 0 bridgehead atoms. The number of alkyl halides is 1. The van der Waals surface area contributed by atoms with E-state index >= 15 is 8.78 Å². The molecular weight excluding hydrogens is 725 g/mol. The molecule has 280 valence electrons. The van der Waals surface area contributed by atoms with Crippen LogP contribution in [0.4, 0.5) is 24.0 Å². The van der Waals surface area contributed by atoms with Crippen molar-refractivity contribution in [2.45, 2.75) is 70.1 Å². The maximum absolute atomic E-state index is 17.2. The van der Waals surface area contributed by atoms with Crippen molar-refractivity contribution in [1.82, 2.24) is 19.8 Å². The molecule has 4 aliphatic rings. The molecule has 15 heteroatoms. The summed E-state index contributed by atoms with van der Waals surface area (Å²) in [7, 11) is 0. The van der Waals surface area contributed by atoms with Gasteiger partial charge in [-0.25, -0.2) is 13.2 Å². The average molecular weight is 767 g/mol. The Morgan fingerprint density at radius 2 is 1.96 bits per heavy atom. The molecule has 2 aromatic heterocycles. The third kappa shape index (κ3) is 6.04. The molecule has 3 atom stereocenters. The lowest BCUT2D eigenvalue weighted by Gasteiger charge is -2.52. The van der Waals surface area contributed by atoms with Crippen LogP contribution in [0.25, 0.3) is 32.1 Å². The maximum Gasteiger partial charge on any atom is 0.319 e. The van der Waals surface area contributed by atoms with Crippen LogP contribution in [0.3, 0.4) is 0 Å². The van der Waals surface area contributed by atoms with Crippen LogP contribution in [0.5, 0.6) is 6.01 Å². The standard InChI is InChI=1S/C38H42ClF3N8O2S/c1-20(2)30(44)35(51)49-17-37(18-49)8-3-4-10-48(16-37)34-23-12-25(39)28(22-6-7-26(41)32-27(22)24(14-43)33(45)53-32)29(42)31(23)46-36(47-34)52-19-38-9-5-11-50(38)15-21(40)13-38/h6-7,12,20-21,30H,3-5,8-11,13,15-19,44-45H2,1-2H3/t21-,30?,38+/m1/s1. The molecule has 0 aliphatic carbocycles. The van der Waals surface area contributed by atoms with Gasteiger partial charge in [-0.15, -0.1) is 11.3 Å². The number of nitrogens with two attached hydrogens (primary N) is 2. The first-order chi connectivity index (χ1) is 25.3. The van der Waals surface area contributed by atoms with Gasteiger partial charge in [0.2, 0.25) is 5.91 Å². The first-order valence-corrected chi connectivity index (χ1v) is 19.4. The highest BCUT2D eigenvalue weighted by Crippen LogP contribution is 2.47. The SMILES string of the molecule is CC(C)C(N)C(=O)N1CC2(CCCCN(c3nc(OC[C@@]45CCCN4C[C@H](F)C5)nc4c(F)c(-c5ccc(F)c6sc(N)c(C#N)c56)c(Cl)cc34)C2)C1. The van der Waals surface area contributed by atoms with E-state index in [-0.39, 0.29) is 72.2 Å². The van der Waals surface area contributed by atoms with Crippen LogP contribution in [0.15, 0.2) is 18.2 Å². The molecular formula is C38H42ClF3N8O2S. The zero-order chi connectivity index (χ0) is 37.4. The summed E-state index contributed by atoms with van der Waals surface area (Å²) in [5.74, 6) is -0.957. The van der Waals surface area contributed by atoms with E-state index < -0.39 is 29.4 Å². The van der Waals surface area contributed by atoms with Crippen LogP contribution in [0, 0.1) is 34.3 Å². The number of fused-ring (bicyclic) bond motifs is 3. The van der Waals surface area contributed by atoms with Crippen LogP contribution >= 0.6 is 22.9 Å². The quantitative estimate of drug-likeness (QED) is 0.212. The number of anilines is 2. The number of likely N-dealkylation sites (tertiary alicyclic amines) is 1. The first-order valence-electron chi connectivity index (χ1n) is 18.3. The van der Waals surface area contributed by atoms with Gasteiger partial charge in [0, 0.05) is 60.9 Å². The molecule has 4 N–H and O–H groups in total. The first kappa shape index (κ1) is 36.1. The number of ether oxygens (including phenoxy) is 1. The van der Waals surface area contributed by atoms with Gasteiger partial charge in [0.15, 0.2) is 5.82 Å². The Labute approximate surface area is 314 Å². The Morgan fingerprint density at radius 3 is 2.72 bits per heavy atom. The number of carbonyl (C=O) groups is 1. The minimum Gasteiger partial charge on any atom is -0.461 e. The summed E-state index contributed by atoms with van der Waals surface area (Å²) in [6, 6.07) is 5.65. The lowest BCUT2D eigenvalue weighted by molar-refractivity contribution is -0.145. The second-order valence-corrected chi connectivity index (χ2v) is 17.2. The van der Waals surface area contributed by atoms with E-state index in [9.17, 15) is 14.4 Å². The number of amides is 1. The number of hydrogen-bond acceptors (Lipinski definition) is 10. The highest BCUT2D eigenvalue weighted by Gasteiger charge is 2.50. The summed E-state index contributed by atoms with van der Waals surface area (Å²) in [4.78, 5) is 28.7. The topological polar surface area (TPSA) is 138 Å². The molecule has 0 saturated carbocycles. The summed E-state index contributed by atoms with van der Waals surface area (Å²) < 4.78 is 53.3. The second-order valence-electron chi connectivity index (χ2n) is 15.7. The number of hydrogen-bond donors (Lipinski definition) is 2. The lowest BCUT2D eigenvalue weighted by atomic mass is 9.75. The van der Waals surface area contributed by atoms with E-state index in [4.69, 9.17) is 32.8 Å². The van der Waals surface area contributed by atoms with Gasteiger partial charge in [-0.05, 0) is 55.8 Å². The highest BCUT2D eigenvalue weighted by molar-refractivity contribution is 7.23. The van der Waals surface area contributed by atoms with Crippen LogP contribution in [0.2, 0.25) is 5.02 Å². The molecule has 10 nitrogen and oxygen atoms in total. The fourth-order valence-corrected chi connectivity index (χ4v) is 10.3. The summed E-state index contributed by atoms with van der Waals surface area (Å²) in [5, 5.41) is 10.6. The summed E-state index contributed by atoms with van der Waals surface area (Å²) in [5.41, 5.74) is 11.8. The maximum atomic E-state index is 17.2. The van der Waals surface area contributed by atoms with E-state index in [1.165, 1.54) is 12.1 Å². The fourth-order valence-electron chi connectivity index (χ4n) is 9.09. The molecule has 1 spiro atoms. The number of carbonyl (C=O) groups excluding carboxylic acids is 1. The van der Waals surface area contributed by atoms with E-state index in [1.807, 2.05) is 24.8 Å². The van der Waals surface area contributed by atoms with E-state index in [0.717, 1.165) is 50.0 Å². The Hall–Kier alpha value is -3.90. The van der Waals surface area contributed by atoms with Crippen molar-refractivity contribution in [3.05, 3.63) is 40.4 Å². The predicted molar refractivity (Wildman–Crippen MR) is 201 cm³/mol. The molecule has 8 rings (SSSR count). The average Bonchev–Trinajstić information content (AvgIpc) is 3.69. The number of thiophene rings is 1. The monoisotopic (exact) mass is 766 g/mol. The van der Waals surface area contributed by atoms with Gasteiger partial charge in [0.05, 0.1) is 26.9 Å². The number of benzene rings is 2. The van der Waals surface area contributed by atoms with Gasteiger partial charge in [-0.3, -0.25) is 9.69 Å². The molecule has 4 fully saturated rings. The van der Waals surface area contributed by atoms with Gasteiger partial charge in [-0.1, -0.05) is 37.9 Å². The van der Waals surface area contributed by atoms with Gasteiger partial charge in [0.25, 0.3) is 0 Å². The van der Waals surface area contributed by atoms with Crippen LogP contribution < -0.4 is 21.1 Å². The number of nitriles is 1. The fraction of sp³-hybridized carbons (Fsp3) is 0.526. The van der Waals surface area contributed by atoms with Crippen molar-refractivity contribution in [3.8, 4) is 23.2 Å². The number of halogens is 4. The van der Waals surface area contributed by atoms with Crippen molar-refractivity contribution >= 4 is 60.7 Å². The van der Waals surface area contributed by atoms with Crippen molar-refractivity contribution in [2.75, 3.05) is 56.5 Å². The van der Waals surface area contributed by atoms with Gasteiger partial charge < -0.3 is 26.0 Å². The van der Waals surface area contributed by atoms with Crippen molar-refractivity contribution in [1.29, 1.82) is 5.26 Å². The number of aromatic nitrogens is 2. The van der Waals surface area contributed by atoms with E-state index in [2.05, 4.69) is 14.8 Å². The Bertz CT molecular complexity index is 2170. The molecule has 2 aromatic carbocycles. The molecule has 4 aromatic rings. The lowest BCUT2D eigenvalue weighted by Crippen LogP contribution is -2.65. The third-order valence-electron chi connectivity index (χ3n) is 11.9. The van der Waals surface area contributed by atoms with E-state index in [1.54, 1.807) is 6.07 Å². The minimum absolute atomic E-state index is 0.0190.